The van der Waals surface area contributed by atoms with Gasteiger partial charge in [0.25, 0.3) is 0 Å². The highest BCUT2D eigenvalue weighted by molar-refractivity contribution is 5.24. The fourth-order valence-electron chi connectivity index (χ4n) is 0.699. The molecular weight excluding hydrogens is 152 g/mol. The van der Waals surface area contributed by atoms with Crippen LogP contribution in [-0.2, 0) is 0 Å². The third-order valence-electron chi connectivity index (χ3n) is 1.27. The van der Waals surface area contributed by atoms with Gasteiger partial charge in [-0.25, -0.2) is 15.4 Å². The minimum Gasteiger partial charge on any atom is -0.278 e. The Bertz CT molecular complexity index is 264. The quantitative estimate of drug-likeness (QED) is 0.503. The normalized spacial score (nSPS) is 9.00. The zero-order valence-corrected chi connectivity index (χ0v) is 6.86. The molecule has 62 valence electrons. The molecule has 0 atom stereocenters. The van der Waals surface area contributed by atoms with Gasteiger partial charge in [0, 0.05) is 19.4 Å². The molecule has 0 unspecified atom stereocenters. The van der Waals surface area contributed by atoms with Gasteiger partial charge in [0.2, 0.25) is 5.95 Å². The van der Waals surface area contributed by atoms with Crippen molar-refractivity contribution >= 4 is 5.95 Å². The van der Waals surface area contributed by atoms with E-state index in [0.29, 0.717) is 12.5 Å². The van der Waals surface area contributed by atoms with E-state index in [0.717, 1.165) is 0 Å². The van der Waals surface area contributed by atoms with Crippen molar-refractivity contribution in [1.82, 2.24) is 15.4 Å². The highest BCUT2D eigenvalue weighted by Crippen LogP contribution is 1.96. The van der Waals surface area contributed by atoms with Crippen LogP contribution < -0.4 is 10.4 Å². The van der Waals surface area contributed by atoms with Gasteiger partial charge in [0.05, 0.1) is 6.54 Å². The summed E-state index contributed by atoms with van der Waals surface area (Å²) in [7, 11) is 1.81. The maximum absolute atomic E-state index is 5.07. The molecule has 1 N–H and O–H groups in total. The van der Waals surface area contributed by atoms with Crippen LogP contribution in [0.3, 0.4) is 0 Å². The highest BCUT2D eigenvalue weighted by Gasteiger charge is 1.98. The topological polar surface area (TPSA) is 41.0 Å². The molecule has 0 saturated carbocycles. The summed E-state index contributed by atoms with van der Waals surface area (Å²) in [5, 5.41) is 1.68. The van der Waals surface area contributed by atoms with E-state index in [-0.39, 0.29) is 0 Å². The van der Waals surface area contributed by atoms with Crippen LogP contribution in [0.4, 0.5) is 5.95 Å². The number of hydrazine groups is 1. The zero-order chi connectivity index (χ0) is 8.81. The van der Waals surface area contributed by atoms with Crippen LogP contribution in [0.1, 0.15) is 0 Å². The average molecular weight is 162 g/mol. The van der Waals surface area contributed by atoms with Crippen LogP contribution in [0.5, 0.6) is 0 Å². The van der Waals surface area contributed by atoms with Crippen molar-refractivity contribution in [2.24, 2.45) is 0 Å². The Morgan fingerprint density at radius 1 is 1.58 bits per heavy atom. The van der Waals surface area contributed by atoms with Gasteiger partial charge < -0.3 is 0 Å². The first-order valence-electron chi connectivity index (χ1n) is 3.52. The molecule has 0 aliphatic carbocycles. The average Bonchev–Trinajstić information content (AvgIpc) is 2.15. The molecule has 1 aromatic heterocycles. The SMILES string of the molecule is C#CCNN(C)c1ncccn1. The van der Waals surface area contributed by atoms with E-state index < -0.39 is 0 Å². The Kier molecular flexibility index (Phi) is 3.05. The van der Waals surface area contributed by atoms with Gasteiger partial charge in [-0.2, -0.15) is 0 Å². The number of nitrogens with zero attached hydrogens (tertiary/aromatic N) is 3. The zero-order valence-electron chi connectivity index (χ0n) is 6.86. The number of hydrogen-bond acceptors (Lipinski definition) is 4. The van der Waals surface area contributed by atoms with Crippen molar-refractivity contribution < 1.29 is 0 Å². The first-order chi connectivity index (χ1) is 5.84. The van der Waals surface area contributed by atoms with Gasteiger partial charge in [-0.05, 0) is 6.07 Å². The maximum atomic E-state index is 5.07. The molecule has 4 heteroatoms. The van der Waals surface area contributed by atoms with E-state index in [1.807, 2.05) is 7.05 Å². The Hall–Kier alpha value is -1.60. The predicted octanol–water partition coefficient (Wildman–Crippen LogP) is 0.0506. The number of rotatable bonds is 3. The van der Waals surface area contributed by atoms with Crippen LogP contribution in [0, 0.1) is 12.3 Å². The summed E-state index contributed by atoms with van der Waals surface area (Å²) in [6.07, 6.45) is 8.43. The van der Waals surface area contributed by atoms with Crippen molar-refractivity contribution in [3.63, 3.8) is 0 Å². The second-order valence-corrected chi connectivity index (χ2v) is 2.15. The summed E-state index contributed by atoms with van der Waals surface area (Å²) in [4.78, 5) is 8.03. The third-order valence-corrected chi connectivity index (χ3v) is 1.27. The van der Waals surface area contributed by atoms with E-state index in [1.54, 1.807) is 23.5 Å². The lowest BCUT2D eigenvalue weighted by atomic mass is 10.6. The summed E-state index contributed by atoms with van der Waals surface area (Å²) in [6.45, 7) is 0.467. The number of hydrogen-bond donors (Lipinski definition) is 1. The number of terminal acetylenes is 1. The third kappa shape index (κ3) is 2.22. The van der Waals surface area contributed by atoms with Crippen LogP contribution in [0.25, 0.3) is 0 Å². The van der Waals surface area contributed by atoms with Crippen LogP contribution in [0.15, 0.2) is 18.5 Å². The molecule has 0 aliphatic rings. The van der Waals surface area contributed by atoms with Gasteiger partial charge in [-0.15, -0.1) is 6.42 Å². The van der Waals surface area contributed by atoms with E-state index in [2.05, 4.69) is 21.3 Å². The second kappa shape index (κ2) is 4.31. The van der Waals surface area contributed by atoms with Crippen LogP contribution in [0.2, 0.25) is 0 Å². The van der Waals surface area contributed by atoms with Crippen molar-refractivity contribution in [2.45, 2.75) is 0 Å². The maximum Gasteiger partial charge on any atom is 0.239 e. The van der Waals surface area contributed by atoms with E-state index in [9.17, 15) is 0 Å². The van der Waals surface area contributed by atoms with Crippen molar-refractivity contribution in [2.75, 3.05) is 18.6 Å². The summed E-state index contributed by atoms with van der Waals surface area (Å²) in [5.41, 5.74) is 2.92. The molecule has 0 spiro atoms. The number of nitrogens with one attached hydrogen (secondary N) is 1. The van der Waals surface area contributed by atoms with Crippen molar-refractivity contribution in [3.05, 3.63) is 18.5 Å². The fraction of sp³-hybridized carbons (Fsp3) is 0.250. The van der Waals surface area contributed by atoms with E-state index in [4.69, 9.17) is 6.42 Å². The molecule has 1 rings (SSSR count). The second-order valence-electron chi connectivity index (χ2n) is 2.15. The van der Waals surface area contributed by atoms with Crippen LogP contribution >= 0.6 is 0 Å². The molecule has 0 aromatic carbocycles. The lowest BCUT2D eigenvalue weighted by molar-refractivity contribution is 0.721. The molecule has 0 amide bonds. The van der Waals surface area contributed by atoms with E-state index >= 15 is 0 Å². The van der Waals surface area contributed by atoms with Gasteiger partial charge in [-0.3, -0.25) is 5.01 Å². The summed E-state index contributed by atoms with van der Waals surface area (Å²) in [6, 6.07) is 1.76. The Morgan fingerprint density at radius 3 is 2.83 bits per heavy atom. The lowest BCUT2D eigenvalue weighted by Crippen LogP contribution is -2.35. The summed E-state index contributed by atoms with van der Waals surface area (Å²) < 4.78 is 0. The van der Waals surface area contributed by atoms with E-state index in [1.165, 1.54) is 0 Å². The fourth-order valence-corrected chi connectivity index (χ4v) is 0.699. The summed E-state index contributed by atoms with van der Waals surface area (Å²) in [5.74, 6) is 3.06. The number of anilines is 1. The molecule has 4 nitrogen and oxygen atoms in total. The largest absolute Gasteiger partial charge is 0.278 e. The minimum atomic E-state index is 0.467. The Balaban J connectivity index is 2.55. The smallest absolute Gasteiger partial charge is 0.239 e. The minimum absolute atomic E-state index is 0.467. The number of aromatic nitrogens is 2. The van der Waals surface area contributed by atoms with Crippen molar-refractivity contribution in [3.8, 4) is 12.3 Å². The molecule has 1 heterocycles. The van der Waals surface area contributed by atoms with Crippen molar-refractivity contribution in [1.29, 1.82) is 0 Å². The molecular formula is C8H10N4. The van der Waals surface area contributed by atoms with Gasteiger partial charge in [0.1, 0.15) is 0 Å². The summed E-state index contributed by atoms with van der Waals surface area (Å²) >= 11 is 0. The molecule has 0 fully saturated rings. The molecule has 0 saturated heterocycles. The first-order valence-corrected chi connectivity index (χ1v) is 3.52. The molecule has 0 aliphatic heterocycles. The lowest BCUT2D eigenvalue weighted by Gasteiger charge is -2.15. The first kappa shape index (κ1) is 8.50. The van der Waals surface area contributed by atoms with Crippen LogP contribution in [-0.4, -0.2) is 23.6 Å². The van der Waals surface area contributed by atoms with Gasteiger partial charge in [-0.1, -0.05) is 5.92 Å². The molecule has 1 aromatic rings. The molecule has 0 bridgehead atoms. The predicted molar refractivity (Wildman–Crippen MR) is 47.3 cm³/mol. The molecule has 0 radical (unpaired) electrons. The Labute approximate surface area is 71.6 Å². The van der Waals surface area contributed by atoms with Gasteiger partial charge >= 0.3 is 0 Å². The standard InChI is InChI=1S/C8H10N4/c1-3-5-11-12(2)8-9-6-4-7-10-8/h1,4,6-7,11H,5H2,2H3. The van der Waals surface area contributed by atoms with Gasteiger partial charge in [0.15, 0.2) is 0 Å². The Morgan fingerprint density at radius 2 is 2.25 bits per heavy atom. The molecule has 12 heavy (non-hydrogen) atoms. The highest BCUT2D eigenvalue weighted by atomic mass is 15.5. The monoisotopic (exact) mass is 162 g/mol.